The first-order valence-electron chi connectivity index (χ1n) is 9.49. The summed E-state index contributed by atoms with van der Waals surface area (Å²) >= 11 is 0. The number of hydrogen-bond donors (Lipinski definition) is 2. The zero-order chi connectivity index (χ0) is 20.8. The fourth-order valence-electron chi connectivity index (χ4n) is 2.35. The molecular weight excluding hydrogens is 358 g/mol. The Hall–Kier alpha value is -2.32. The Labute approximate surface area is 168 Å². The quantitative estimate of drug-likeness (QED) is 0.311. The second-order valence-electron chi connectivity index (χ2n) is 6.73. The van der Waals surface area contributed by atoms with Crippen LogP contribution in [0.4, 0.5) is 0 Å². The van der Waals surface area contributed by atoms with Crippen molar-refractivity contribution in [3.63, 3.8) is 0 Å². The topological polar surface area (TPSA) is 78.4 Å². The predicted molar refractivity (Wildman–Crippen MR) is 113 cm³/mol. The van der Waals surface area contributed by atoms with Crippen molar-refractivity contribution in [1.29, 1.82) is 0 Å². The molecule has 0 aliphatic heterocycles. The molecule has 0 heterocycles. The molecule has 0 spiro atoms. The highest BCUT2D eigenvalue weighted by Gasteiger charge is 2.06. The van der Waals surface area contributed by atoms with E-state index in [1.807, 2.05) is 24.3 Å². The fourth-order valence-corrected chi connectivity index (χ4v) is 2.35. The number of nitrogens with one attached hydrogen (secondary N) is 2. The molecule has 1 rings (SSSR count). The number of benzene rings is 1. The number of methoxy groups -OCH3 is 2. The molecule has 1 aromatic carbocycles. The third-order valence-corrected chi connectivity index (χ3v) is 4.16. The third kappa shape index (κ3) is 10.1. The van der Waals surface area contributed by atoms with E-state index in [-0.39, 0.29) is 12.5 Å². The van der Waals surface area contributed by atoms with Crippen LogP contribution >= 0.6 is 0 Å². The van der Waals surface area contributed by atoms with E-state index in [2.05, 4.69) is 27.6 Å². The Balaban J connectivity index is 2.57. The molecule has 0 atom stereocenters. The lowest BCUT2D eigenvalue weighted by atomic mass is 10.2. The summed E-state index contributed by atoms with van der Waals surface area (Å²) in [5.74, 6) is 1.43. The van der Waals surface area contributed by atoms with Gasteiger partial charge in [0.15, 0.2) is 5.96 Å². The molecule has 8 nitrogen and oxygen atoms in total. The average molecular weight is 394 g/mol. The van der Waals surface area contributed by atoms with Gasteiger partial charge in [0.1, 0.15) is 5.75 Å². The van der Waals surface area contributed by atoms with Gasteiger partial charge in [-0.3, -0.25) is 4.79 Å². The van der Waals surface area contributed by atoms with Crippen molar-refractivity contribution in [3.8, 4) is 5.75 Å². The number of amides is 1. The van der Waals surface area contributed by atoms with Gasteiger partial charge in [0.05, 0.1) is 20.2 Å². The number of carbonyl (C=O) groups is 1. The van der Waals surface area contributed by atoms with Gasteiger partial charge in [-0.2, -0.15) is 0 Å². The summed E-state index contributed by atoms with van der Waals surface area (Å²) < 4.78 is 10.3. The van der Waals surface area contributed by atoms with Gasteiger partial charge >= 0.3 is 0 Å². The Kier molecular flexibility index (Phi) is 11.7. The monoisotopic (exact) mass is 393 g/mol. The van der Waals surface area contributed by atoms with E-state index < -0.39 is 0 Å². The van der Waals surface area contributed by atoms with E-state index in [1.54, 1.807) is 33.2 Å². The number of nitrogens with zero attached hydrogens (tertiary/aromatic N) is 3. The Morgan fingerprint density at radius 3 is 2.39 bits per heavy atom. The lowest BCUT2D eigenvalue weighted by Crippen LogP contribution is -2.45. The average Bonchev–Trinajstić information content (AvgIpc) is 2.69. The molecular formula is C20H35N5O3. The van der Waals surface area contributed by atoms with Gasteiger partial charge < -0.3 is 29.9 Å². The minimum atomic E-state index is -0.00405. The molecule has 0 aromatic heterocycles. The maximum Gasteiger partial charge on any atom is 0.241 e. The van der Waals surface area contributed by atoms with Crippen molar-refractivity contribution in [1.82, 2.24) is 20.4 Å². The molecule has 0 bridgehead atoms. The molecule has 0 saturated heterocycles. The van der Waals surface area contributed by atoms with Crippen molar-refractivity contribution >= 4 is 11.9 Å². The van der Waals surface area contributed by atoms with Crippen molar-refractivity contribution < 1.29 is 14.3 Å². The maximum atomic E-state index is 11.9. The predicted octanol–water partition coefficient (Wildman–Crippen LogP) is 0.787. The van der Waals surface area contributed by atoms with Crippen molar-refractivity contribution in [2.24, 2.45) is 4.99 Å². The molecule has 0 radical (unpaired) electrons. The lowest BCUT2D eigenvalue weighted by Gasteiger charge is -2.19. The molecule has 0 unspecified atom stereocenters. The maximum absolute atomic E-state index is 11.9. The first-order valence-corrected chi connectivity index (χ1v) is 9.49. The number of guanidine groups is 1. The SMILES string of the molecule is COCCCN(C)CCNC(=NCc1ccc(OC)cc1)NCC(=O)N(C)C. The Morgan fingerprint density at radius 1 is 1.07 bits per heavy atom. The van der Waals surface area contributed by atoms with E-state index >= 15 is 0 Å². The highest BCUT2D eigenvalue weighted by Crippen LogP contribution is 2.11. The minimum Gasteiger partial charge on any atom is -0.497 e. The van der Waals surface area contributed by atoms with Crippen molar-refractivity contribution in [3.05, 3.63) is 29.8 Å². The van der Waals surface area contributed by atoms with Crippen LogP contribution < -0.4 is 15.4 Å². The zero-order valence-corrected chi connectivity index (χ0v) is 17.8. The molecule has 158 valence electrons. The third-order valence-electron chi connectivity index (χ3n) is 4.16. The zero-order valence-electron chi connectivity index (χ0n) is 17.8. The number of rotatable bonds is 12. The van der Waals surface area contributed by atoms with Crippen LogP contribution in [-0.2, 0) is 16.1 Å². The van der Waals surface area contributed by atoms with E-state index in [0.717, 1.165) is 44.0 Å². The minimum absolute atomic E-state index is 0.00405. The normalized spacial score (nSPS) is 11.4. The summed E-state index contributed by atoms with van der Waals surface area (Å²) in [6.45, 7) is 4.05. The van der Waals surface area contributed by atoms with Gasteiger partial charge in [0.25, 0.3) is 0 Å². The molecule has 28 heavy (non-hydrogen) atoms. The van der Waals surface area contributed by atoms with E-state index in [1.165, 1.54) is 0 Å². The number of aliphatic imine (C=N–C) groups is 1. The fraction of sp³-hybridized carbons (Fsp3) is 0.600. The van der Waals surface area contributed by atoms with Crippen LogP contribution in [0.2, 0.25) is 0 Å². The van der Waals surface area contributed by atoms with E-state index in [0.29, 0.717) is 12.5 Å². The van der Waals surface area contributed by atoms with Gasteiger partial charge in [-0.25, -0.2) is 4.99 Å². The van der Waals surface area contributed by atoms with Crippen LogP contribution in [0.1, 0.15) is 12.0 Å². The van der Waals surface area contributed by atoms with Gasteiger partial charge in [-0.05, 0) is 31.2 Å². The second kappa shape index (κ2) is 13.8. The first kappa shape index (κ1) is 23.7. The van der Waals surface area contributed by atoms with Gasteiger partial charge in [0.2, 0.25) is 5.91 Å². The Morgan fingerprint density at radius 2 is 1.79 bits per heavy atom. The molecule has 2 N–H and O–H groups in total. The van der Waals surface area contributed by atoms with Crippen molar-refractivity contribution in [2.75, 3.05) is 68.1 Å². The van der Waals surface area contributed by atoms with Crippen LogP contribution in [0.3, 0.4) is 0 Å². The molecule has 0 aliphatic rings. The number of likely N-dealkylation sites (N-methyl/N-ethyl adjacent to an activating group) is 2. The smallest absolute Gasteiger partial charge is 0.241 e. The number of ether oxygens (including phenoxy) is 2. The number of carbonyl (C=O) groups excluding carboxylic acids is 1. The standard InChI is InChI=1S/C20H35N5O3/c1-24(2)19(26)16-23-20(21-11-13-25(3)12-6-14-27-4)22-15-17-7-9-18(28-5)10-8-17/h7-10H,6,11-16H2,1-5H3,(H2,21,22,23). The second-order valence-corrected chi connectivity index (χ2v) is 6.73. The van der Waals surface area contributed by atoms with Crippen LogP contribution in [0.5, 0.6) is 5.75 Å². The summed E-state index contributed by atoms with van der Waals surface area (Å²) in [5.41, 5.74) is 1.07. The summed E-state index contributed by atoms with van der Waals surface area (Å²) in [5, 5.41) is 6.40. The van der Waals surface area contributed by atoms with Gasteiger partial charge in [-0.15, -0.1) is 0 Å². The van der Waals surface area contributed by atoms with Crippen molar-refractivity contribution in [2.45, 2.75) is 13.0 Å². The van der Waals surface area contributed by atoms with Gasteiger partial charge in [0, 0.05) is 47.4 Å². The highest BCUT2D eigenvalue weighted by atomic mass is 16.5. The summed E-state index contributed by atoms with van der Waals surface area (Å²) in [6.07, 6.45) is 1.00. The van der Waals surface area contributed by atoms with Crippen LogP contribution in [0.15, 0.2) is 29.3 Å². The van der Waals surface area contributed by atoms with Crippen LogP contribution in [0, 0.1) is 0 Å². The number of hydrogen-bond acceptors (Lipinski definition) is 5. The summed E-state index contributed by atoms with van der Waals surface area (Å²) in [4.78, 5) is 20.3. The molecule has 0 saturated carbocycles. The largest absolute Gasteiger partial charge is 0.497 e. The van der Waals surface area contributed by atoms with Crippen LogP contribution in [0.25, 0.3) is 0 Å². The first-order chi connectivity index (χ1) is 13.5. The molecule has 0 fully saturated rings. The van der Waals surface area contributed by atoms with Gasteiger partial charge in [-0.1, -0.05) is 12.1 Å². The molecule has 1 amide bonds. The summed E-state index contributed by atoms with van der Waals surface area (Å²) in [7, 11) is 8.91. The van der Waals surface area contributed by atoms with Crippen LogP contribution in [-0.4, -0.2) is 89.8 Å². The summed E-state index contributed by atoms with van der Waals surface area (Å²) in [6, 6.07) is 7.79. The lowest BCUT2D eigenvalue weighted by molar-refractivity contribution is -0.127. The van der Waals surface area contributed by atoms with E-state index in [4.69, 9.17) is 9.47 Å². The molecule has 1 aromatic rings. The Bertz CT molecular complexity index is 590. The van der Waals surface area contributed by atoms with E-state index in [9.17, 15) is 4.79 Å². The molecule has 0 aliphatic carbocycles. The highest BCUT2D eigenvalue weighted by molar-refractivity contribution is 5.86. The molecule has 8 heteroatoms.